The fraction of sp³-hybridized carbons (Fsp3) is 0.364. The predicted molar refractivity (Wildman–Crippen MR) is 60.8 cm³/mol. The molecule has 0 aliphatic heterocycles. The Hall–Kier alpha value is -2.11. The third kappa shape index (κ3) is 1.82. The van der Waals surface area contributed by atoms with E-state index in [0.717, 1.165) is 18.4 Å². The number of nitrogens with one attached hydrogen (secondary N) is 1. The van der Waals surface area contributed by atoms with Crippen LogP contribution in [-0.2, 0) is 4.79 Å². The zero-order chi connectivity index (χ0) is 11.8. The Morgan fingerprint density at radius 2 is 2.35 bits per heavy atom. The Bertz CT molecular complexity index is 561. The summed E-state index contributed by atoms with van der Waals surface area (Å²) in [7, 11) is 0. The normalized spacial score (nSPS) is 16.9. The molecule has 2 aromatic heterocycles. The number of anilines is 1. The number of nitrogens with zero attached hydrogens (tertiary/aromatic N) is 3. The van der Waals surface area contributed by atoms with E-state index in [2.05, 4.69) is 15.4 Å². The van der Waals surface area contributed by atoms with E-state index in [0.29, 0.717) is 5.82 Å². The Labute approximate surface area is 97.3 Å². The quantitative estimate of drug-likeness (QED) is 0.822. The van der Waals surface area contributed by atoms with Gasteiger partial charge in [-0.2, -0.15) is 5.10 Å². The number of aromatic nitrogens is 3. The maximum Gasteiger partial charge on any atom is 0.326 e. The van der Waals surface area contributed by atoms with Gasteiger partial charge in [-0.05, 0) is 24.8 Å². The van der Waals surface area contributed by atoms with Crippen molar-refractivity contribution in [2.24, 2.45) is 5.92 Å². The van der Waals surface area contributed by atoms with E-state index in [-0.39, 0.29) is 5.92 Å². The highest BCUT2D eigenvalue weighted by Gasteiger charge is 2.36. The number of carbonyl (C=O) groups is 1. The lowest BCUT2D eigenvalue weighted by Crippen LogP contribution is -2.31. The molecule has 0 radical (unpaired) electrons. The van der Waals surface area contributed by atoms with E-state index in [9.17, 15) is 4.79 Å². The molecule has 2 N–H and O–H groups in total. The lowest BCUT2D eigenvalue weighted by molar-refractivity contribution is -0.138. The van der Waals surface area contributed by atoms with Crippen LogP contribution in [0, 0.1) is 5.92 Å². The highest BCUT2D eigenvalue weighted by molar-refractivity contribution is 5.80. The molecular formula is C11H12N4O2. The van der Waals surface area contributed by atoms with Crippen LogP contribution in [0.1, 0.15) is 12.8 Å². The summed E-state index contributed by atoms with van der Waals surface area (Å²) in [5.74, 6) is -0.0300. The molecule has 1 atom stereocenters. The molecule has 88 valence electrons. The molecule has 0 spiro atoms. The first-order valence-corrected chi connectivity index (χ1v) is 5.53. The highest BCUT2D eigenvalue weighted by Crippen LogP contribution is 2.34. The summed E-state index contributed by atoms with van der Waals surface area (Å²) in [6.07, 6.45) is 6.93. The van der Waals surface area contributed by atoms with Crippen LogP contribution < -0.4 is 5.32 Å². The maximum atomic E-state index is 11.1. The average Bonchev–Trinajstić information content (AvgIpc) is 3.02. The first-order chi connectivity index (χ1) is 8.25. The van der Waals surface area contributed by atoms with Gasteiger partial charge in [0.15, 0.2) is 5.82 Å². The van der Waals surface area contributed by atoms with Gasteiger partial charge in [0.1, 0.15) is 11.6 Å². The van der Waals surface area contributed by atoms with Crippen LogP contribution in [0.15, 0.2) is 24.7 Å². The molecule has 0 aromatic carbocycles. The van der Waals surface area contributed by atoms with Crippen molar-refractivity contribution in [2.75, 3.05) is 5.32 Å². The smallest absolute Gasteiger partial charge is 0.326 e. The first kappa shape index (κ1) is 10.1. The molecule has 1 saturated carbocycles. The van der Waals surface area contributed by atoms with Gasteiger partial charge in [0.2, 0.25) is 0 Å². The molecule has 0 amide bonds. The van der Waals surface area contributed by atoms with Crippen molar-refractivity contribution < 1.29 is 9.90 Å². The van der Waals surface area contributed by atoms with E-state index in [1.54, 1.807) is 29.2 Å². The van der Waals surface area contributed by atoms with Gasteiger partial charge in [0.25, 0.3) is 0 Å². The van der Waals surface area contributed by atoms with Gasteiger partial charge in [-0.25, -0.2) is 14.3 Å². The zero-order valence-electron chi connectivity index (χ0n) is 9.08. The number of hydrogen-bond donors (Lipinski definition) is 2. The summed E-state index contributed by atoms with van der Waals surface area (Å²) >= 11 is 0. The van der Waals surface area contributed by atoms with Crippen molar-refractivity contribution in [3.8, 4) is 0 Å². The van der Waals surface area contributed by atoms with Crippen molar-refractivity contribution in [1.82, 2.24) is 14.6 Å². The largest absolute Gasteiger partial charge is 0.480 e. The second-order valence-electron chi connectivity index (χ2n) is 4.23. The van der Waals surface area contributed by atoms with Crippen molar-refractivity contribution in [2.45, 2.75) is 18.9 Å². The number of hydrogen-bond acceptors (Lipinski definition) is 4. The molecule has 2 heterocycles. The van der Waals surface area contributed by atoms with Crippen LogP contribution in [0.4, 0.5) is 5.82 Å². The fourth-order valence-corrected chi connectivity index (χ4v) is 1.93. The number of fused-ring (bicyclic) bond motifs is 1. The van der Waals surface area contributed by atoms with E-state index >= 15 is 0 Å². The van der Waals surface area contributed by atoms with Crippen LogP contribution in [0.5, 0.6) is 0 Å². The number of carboxylic acids is 1. The standard InChI is InChI=1S/C11H12N4O2/c16-11(17)9(7-1-2-7)14-10-8-3-4-13-15(8)6-5-12-10/h3-7,9H,1-2H2,(H,12,14)(H,16,17). The van der Waals surface area contributed by atoms with Gasteiger partial charge in [0.05, 0.1) is 6.20 Å². The van der Waals surface area contributed by atoms with Crippen molar-refractivity contribution in [3.63, 3.8) is 0 Å². The number of aliphatic carboxylic acids is 1. The Balaban J connectivity index is 1.93. The topological polar surface area (TPSA) is 79.5 Å². The van der Waals surface area contributed by atoms with Gasteiger partial charge >= 0.3 is 5.97 Å². The minimum atomic E-state index is -0.823. The molecule has 6 heteroatoms. The van der Waals surface area contributed by atoms with Crippen LogP contribution >= 0.6 is 0 Å². The van der Waals surface area contributed by atoms with E-state index in [1.165, 1.54) is 0 Å². The molecule has 0 saturated heterocycles. The minimum absolute atomic E-state index is 0.220. The van der Waals surface area contributed by atoms with Crippen LogP contribution in [0.2, 0.25) is 0 Å². The predicted octanol–water partition coefficient (Wildman–Crippen LogP) is 1.00. The SMILES string of the molecule is O=C(O)C(Nc1nccn2nccc12)C1CC1. The number of rotatable bonds is 4. The molecule has 1 aliphatic carbocycles. The molecule has 17 heavy (non-hydrogen) atoms. The average molecular weight is 232 g/mol. The summed E-state index contributed by atoms with van der Waals surface area (Å²) in [6.45, 7) is 0. The van der Waals surface area contributed by atoms with Gasteiger partial charge in [-0.3, -0.25) is 0 Å². The van der Waals surface area contributed by atoms with E-state index in [4.69, 9.17) is 5.11 Å². The van der Waals surface area contributed by atoms with E-state index < -0.39 is 12.0 Å². The molecule has 1 fully saturated rings. The van der Waals surface area contributed by atoms with Crippen molar-refractivity contribution in [1.29, 1.82) is 0 Å². The van der Waals surface area contributed by atoms with Gasteiger partial charge < -0.3 is 10.4 Å². The molecule has 1 aliphatic rings. The van der Waals surface area contributed by atoms with Crippen LogP contribution in [-0.4, -0.2) is 31.7 Å². The first-order valence-electron chi connectivity index (χ1n) is 5.53. The third-order valence-corrected chi connectivity index (χ3v) is 2.98. The summed E-state index contributed by atoms with van der Waals surface area (Å²) in [6, 6.07) is 1.25. The Morgan fingerprint density at radius 3 is 3.06 bits per heavy atom. The zero-order valence-corrected chi connectivity index (χ0v) is 9.08. The maximum absolute atomic E-state index is 11.1. The molecule has 1 unspecified atom stereocenters. The van der Waals surface area contributed by atoms with Gasteiger partial charge in [-0.15, -0.1) is 0 Å². The monoisotopic (exact) mass is 232 g/mol. The second-order valence-corrected chi connectivity index (χ2v) is 4.23. The highest BCUT2D eigenvalue weighted by atomic mass is 16.4. The lowest BCUT2D eigenvalue weighted by atomic mass is 10.2. The van der Waals surface area contributed by atoms with Crippen LogP contribution in [0.25, 0.3) is 5.52 Å². The summed E-state index contributed by atoms with van der Waals surface area (Å²) in [5.41, 5.74) is 0.791. The summed E-state index contributed by atoms with van der Waals surface area (Å²) < 4.78 is 1.67. The number of carboxylic acid groups (broad SMARTS) is 1. The van der Waals surface area contributed by atoms with Gasteiger partial charge in [0, 0.05) is 12.4 Å². The Kier molecular flexibility index (Phi) is 2.21. The second kappa shape index (κ2) is 3.73. The van der Waals surface area contributed by atoms with E-state index in [1.807, 2.05) is 0 Å². The van der Waals surface area contributed by atoms with Crippen molar-refractivity contribution in [3.05, 3.63) is 24.7 Å². The molecule has 6 nitrogen and oxygen atoms in total. The molecule has 3 rings (SSSR count). The van der Waals surface area contributed by atoms with Gasteiger partial charge in [-0.1, -0.05) is 0 Å². The van der Waals surface area contributed by atoms with Crippen molar-refractivity contribution >= 4 is 17.3 Å². The molecular weight excluding hydrogens is 220 g/mol. The Morgan fingerprint density at radius 1 is 1.53 bits per heavy atom. The fourth-order valence-electron chi connectivity index (χ4n) is 1.93. The summed E-state index contributed by atoms with van der Waals surface area (Å²) in [4.78, 5) is 15.3. The molecule has 0 bridgehead atoms. The minimum Gasteiger partial charge on any atom is -0.480 e. The summed E-state index contributed by atoms with van der Waals surface area (Å²) in [5, 5.41) is 16.2. The lowest BCUT2D eigenvalue weighted by Gasteiger charge is -2.14. The third-order valence-electron chi connectivity index (χ3n) is 2.98. The van der Waals surface area contributed by atoms with Crippen LogP contribution in [0.3, 0.4) is 0 Å². The molecule has 2 aromatic rings.